The lowest BCUT2D eigenvalue weighted by atomic mass is 10.2. The standard InChI is InChI=1S/C20H19ClN4O3/c1-14-12-24(13-22-14)16-6-7-17-19(26)23(8-9-25(17)20(16)27)10-11-28-18-5-3-2-4-15(18)21/h2-7,12-13H,8-11H2,1H3. The number of carbonyl (C=O) groups excluding carboxylic acids is 1. The number of nitrogens with zero attached hydrogens (tertiary/aromatic N) is 4. The predicted octanol–water partition coefficient (Wildman–Crippen LogP) is 2.53. The molecule has 0 bridgehead atoms. The van der Waals surface area contributed by atoms with Crippen LogP contribution in [0.15, 0.2) is 53.7 Å². The number of imidazole rings is 1. The highest BCUT2D eigenvalue weighted by Crippen LogP contribution is 2.23. The third kappa shape index (κ3) is 3.41. The first-order valence-corrected chi connectivity index (χ1v) is 9.34. The first-order chi connectivity index (χ1) is 13.5. The number of fused-ring (bicyclic) bond motifs is 1. The zero-order valence-corrected chi connectivity index (χ0v) is 16.1. The molecule has 0 saturated heterocycles. The molecule has 0 aliphatic carbocycles. The third-order valence-corrected chi connectivity index (χ3v) is 5.01. The number of ether oxygens (including phenoxy) is 1. The van der Waals surface area contributed by atoms with Crippen molar-refractivity contribution in [3.05, 3.63) is 75.7 Å². The molecule has 3 aromatic rings. The summed E-state index contributed by atoms with van der Waals surface area (Å²) in [6.45, 7) is 3.49. The van der Waals surface area contributed by atoms with Gasteiger partial charge in [0.25, 0.3) is 11.5 Å². The number of para-hydroxylation sites is 1. The third-order valence-electron chi connectivity index (χ3n) is 4.70. The Balaban J connectivity index is 1.49. The van der Waals surface area contributed by atoms with E-state index < -0.39 is 0 Å². The normalized spacial score (nSPS) is 13.5. The SMILES string of the molecule is Cc1cn(-c2ccc3n(c2=O)CCN(CCOc2ccccc2Cl)C3=O)cn1. The molecule has 144 valence electrons. The summed E-state index contributed by atoms with van der Waals surface area (Å²) in [5.74, 6) is 0.407. The van der Waals surface area contributed by atoms with Crippen LogP contribution in [-0.4, -0.2) is 44.6 Å². The maximum Gasteiger partial charge on any atom is 0.275 e. The van der Waals surface area contributed by atoms with Crippen molar-refractivity contribution < 1.29 is 9.53 Å². The van der Waals surface area contributed by atoms with E-state index in [0.717, 1.165) is 5.69 Å². The van der Waals surface area contributed by atoms with E-state index in [2.05, 4.69) is 4.98 Å². The van der Waals surface area contributed by atoms with Crippen molar-refractivity contribution in [1.82, 2.24) is 19.0 Å². The van der Waals surface area contributed by atoms with E-state index in [-0.39, 0.29) is 11.5 Å². The lowest BCUT2D eigenvalue weighted by Gasteiger charge is -2.29. The Morgan fingerprint density at radius 2 is 1.96 bits per heavy atom. The molecule has 3 heterocycles. The molecule has 0 saturated carbocycles. The maximum absolute atomic E-state index is 12.8. The molecule has 8 heteroatoms. The van der Waals surface area contributed by atoms with Crippen LogP contribution in [0.25, 0.3) is 5.69 Å². The van der Waals surface area contributed by atoms with E-state index in [9.17, 15) is 9.59 Å². The molecule has 1 aromatic carbocycles. The van der Waals surface area contributed by atoms with Crippen LogP contribution >= 0.6 is 11.6 Å². The number of hydrogen-bond donors (Lipinski definition) is 0. The smallest absolute Gasteiger partial charge is 0.275 e. The highest BCUT2D eigenvalue weighted by molar-refractivity contribution is 6.32. The zero-order valence-electron chi connectivity index (χ0n) is 15.3. The molecule has 1 aliphatic rings. The number of aryl methyl sites for hydroxylation is 1. The van der Waals surface area contributed by atoms with Crippen LogP contribution in [0.2, 0.25) is 5.02 Å². The number of benzene rings is 1. The van der Waals surface area contributed by atoms with Gasteiger partial charge in [-0.1, -0.05) is 23.7 Å². The number of pyridine rings is 1. The largest absolute Gasteiger partial charge is 0.490 e. The van der Waals surface area contributed by atoms with Gasteiger partial charge >= 0.3 is 0 Å². The summed E-state index contributed by atoms with van der Waals surface area (Å²) in [4.78, 5) is 31.5. The van der Waals surface area contributed by atoms with Crippen molar-refractivity contribution in [2.45, 2.75) is 13.5 Å². The van der Waals surface area contributed by atoms with Crippen LogP contribution in [0.3, 0.4) is 0 Å². The van der Waals surface area contributed by atoms with E-state index in [1.165, 1.54) is 4.57 Å². The molecular formula is C20H19ClN4O3. The topological polar surface area (TPSA) is 69.4 Å². The van der Waals surface area contributed by atoms with Crippen molar-refractivity contribution in [2.24, 2.45) is 0 Å². The molecule has 0 radical (unpaired) electrons. The van der Waals surface area contributed by atoms with Gasteiger partial charge in [0.05, 0.1) is 23.6 Å². The molecular weight excluding hydrogens is 380 g/mol. The van der Waals surface area contributed by atoms with Crippen LogP contribution in [0.4, 0.5) is 0 Å². The monoisotopic (exact) mass is 398 g/mol. The Kier molecular flexibility index (Phi) is 4.92. The lowest BCUT2D eigenvalue weighted by molar-refractivity contribution is 0.0673. The van der Waals surface area contributed by atoms with Crippen molar-refractivity contribution in [2.75, 3.05) is 19.7 Å². The summed E-state index contributed by atoms with van der Waals surface area (Å²) in [6.07, 6.45) is 3.38. The Morgan fingerprint density at radius 1 is 1.14 bits per heavy atom. The van der Waals surface area contributed by atoms with Crippen LogP contribution in [0.5, 0.6) is 5.75 Å². The molecule has 2 aromatic heterocycles. The van der Waals surface area contributed by atoms with Gasteiger partial charge < -0.3 is 18.8 Å². The van der Waals surface area contributed by atoms with Crippen LogP contribution in [0.1, 0.15) is 16.2 Å². The Bertz CT molecular complexity index is 1090. The van der Waals surface area contributed by atoms with E-state index in [1.807, 2.05) is 19.1 Å². The fourth-order valence-corrected chi connectivity index (χ4v) is 3.44. The Labute approximate surface area is 166 Å². The summed E-state index contributed by atoms with van der Waals surface area (Å²) < 4.78 is 8.88. The van der Waals surface area contributed by atoms with Crippen molar-refractivity contribution in [1.29, 1.82) is 0 Å². The predicted molar refractivity (Wildman–Crippen MR) is 105 cm³/mol. The van der Waals surface area contributed by atoms with E-state index in [4.69, 9.17) is 16.3 Å². The minimum atomic E-state index is -0.199. The highest BCUT2D eigenvalue weighted by atomic mass is 35.5. The fourth-order valence-electron chi connectivity index (χ4n) is 3.25. The molecule has 1 aliphatic heterocycles. The molecule has 0 spiro atoms. The zero-order chi connectivity index (χ0) is 19.7. The van der Waals surface area contributed by atoms with Gasteiger partial charge in [0, 0.05) is 19.3 Å². The summed E-state index contributed by atoms with van der Waals surface area (Å²) >= 11 is 6.08. The lowest BCUT2D eigenvalue weighted by Crippen LogP contribution is -2.46. The van der Waals surface area contributed by atoms with E-state index in [1.54, 1.807) is 46.3 Å². The van der Waals surface area contributed by atoms with Gasteiger partial charge in [0.2, 0.25) is 0 Å². The van der Waals surface area contributed by atoms with E-state index in [0.29, 0.717) is 48.4 Å². The minimum Gasteiger partial charge on any atom is -0.490 e. The second kappa shape index (κ2) is 7.52. The summed E-state index contributed by atoms with van der Waals surface area (Å²) in [5, 5.41) is 0.534. The van der Waals surface area contributed by atoms with Crippen molar-refractivity contribution >= 4 is 17.5 Å². The molecule has 4 rings (SSSR count). The number of aromatic nitrogens is 3. The van der Waals surface area contributed by atoms with E-state index >= 15 is 0 Å². The van der Waals surface area contributed by atoms with Crippen LogP contribution < -0.4 is 10.3 Å². The molecule has 0 atom stereocenters. The Hall–Kier alpha value is -3.06. The van der Waals surface area contributed by atoms with Gasteiger partial charge in [-0.25, -0.2) is 4.98 Å². The first-order valence-electron chi connectivity index (χ1n) is 8.96. The second-order valence-corrected chi connectivity index (χ2v) is 6.96. The fraction of sp³-hybridized carbons (Fsp3) is 0.250. The number of carbonyl (C=O) groups is 1. The van der Waals surface area contributed by atoms with Gasteiger partial charge in [-0.05, 0) is 31.2 Å². The molecule has 28 heavy (non-hydrogen) atoms. The quantitative estimate of drug-likeness (QED) is 0.662. The van der Waals surface area contributed by atoms with Gasteiger partial charge in [0.1, 0.15) is 23.7 Å². The summed E-state index contributed by atoms with van der Waals surface area (Å²) in [7, 11) is 0. The van der Waals surface area contributed by atoms with Gasteiger partial charge in [-0.15, -0.1) is 0 Å². The second-order valence-electron chi connectivity index (χ2n) is 6.55. The summed E-state index contributed by atoms with van der Waals surface area (Å²) in [6, 6.07) is 10.6. The van der Waals surface area contributed by atoms with Gasteiger partial charge in [-0.2, -0.15) is 0 Å². The number of amides is 1. The molecule has 0 N–H and O–H groups in total. The van der Waals surface area contributed by atoms with Crippen molar-refractivity contribution in [3.63, 3.8) is 0 Å². The molecule has 1 amide bonds. The minimum absolute atomic E-state index is 0.181. The molecule has 7 nitrogen and oxygen atoms in total. The van der Waals surface area contributed by atoms with Gasteiger partial charge in [-0.3, -0.25) is 9.59 Å². The van der Waals surface area contributed by atoms with Crippen LogP contribution in [-0.2, 0) is 6.54 Å². The molecule has 0 unspecified atom stereocenters. The number of rotatable bonds is 5. The average Bonchev–Trinajstić information content (AvgIpc) is 3.11. The van der Waals surface area contributed by atoms with Gasteiger partial charge in [0.15, 0.2) is 0 Å². The Morgan fingerprint density at radius 3 is 2.71 bits per heavy atom. The number of hydrogen-bond acceptors (Lipinski definition) is 4. The molecule has 0 fully saturated rings. The summed E-state index contributed by atoms with van der Waals surface area (Å²) in [5.41, 5.74) is 1.49. The first kappa shape index (κ1) is 18.3. The highest BCUT2D eigenvalue weighted by Gasteiger charge is 2.26. The average molecular weight is 399 g/mol. The maximum atomic E-state index is 12.8. The van der Waals surface area contributed by atoms with Crippen molar-refractivity contribution in [3.8, 4) is 11.4 Å². The number of halogens is 1. The van der Waals surface area contributed by atoms with Crippen LogP contribution in [0, 0.1) is 6.92 Å².